The number of thiophene rings is 1. The summed E-state index contributed by atoms with van der Waals surface area (Å²) in [5.41, 5.74) is 0.860. The summed E-state index contributed by atoms with van der Waals surface area (Å²) in [6, 6.07) is 6.15. The Hall–Kier alpha value is -1.76. The number of hydrogen-bond donors (Lipinski definition) is 3. The van der Waals surface area contributed by atoms with E-state index in [1.54, 1.807) is 24.3 Å². The van der Waals surface area contributed by atoms with E-state index in [0.29, 0.717) is 27.0 Å². The fraction of sp³-hybridized carbons (Fsp3) is 0.333. The van der Waals surface area contributed by atoms with Crippen molar-refractivity contribution in [1.82, 2.24) is 5.32 Å². The zero-order valence-electron chi connectivity index (χ0n) is 14.3. The number of urea groups is 1. The summed E-state index contributed by atoms with van der Waals surface area (Å²) in [5, 5.41) is 15.7. The lowest BCUT2D eigenvalue weighted by atomic mass is 10.2. The zero-order valence-corrected chi connectivity index (χ0v) is 16.6. The maximum atomic E-state index is 12.0. The molecule has 2 amide bonds. The van der Waals surface area contributed by atoms with Gasteiger partial charge >= 0.3 is 12.0 Å². The molecule has 0 fully saturated rings. The van der Waals surface area contributed by atoms with Gasteiger partial charge in [0.15, 0.2) is 0 Å². The number of unbranched alkanes of at least 4 members (excludes halogenated alkanes) is 3. The summed E-state index contributed by atoms with van der Waals surface area (Å²) in [7, 11) is 0. The van der Waals surface area contributed by atoms with Gasteiger partial charge < -0.3 is 15.7 Å². The van der Waals surface area contributed by atoms with Crippen molar-refractivity contribution >= 4 is 52.2 Å². The van der Waals surface area contributed by atoms with Crippen LogP contribution in [0.15, 0.2) is 24.3 Å². The predicted molar refractivity (Wildman–Crippen MR) is 108 cm³/mol. The Labute approximate surface area is 166 Å². The lowest BCUT2D eigenvalue weighted by Crippen LogP contribution is -2.29. The van der Waals surface area contributed by atoms with Gasteiger partial charge in [0.2, 0.25) is 0 Å². The van der Waals surface area contributed by atoms with Gasteiger partial charge in [-0.05, 0) is 30.7 Å². The molecule has 0 aliphatic heterocycles. The highest BCUT2D eigenvalue weighted by molar-refractivity contribution is 7.18. The number of rotatable bonds is 8. The molecule has 3 N–H and O–H groups in total. The third kappa shape index (κ3) is 5.62. The number of carbonyl (C=O) groups is 2. The summed E-state index contributed by atoms with van der Waals surface area (Å²) < 4.78 is 0. The molecule has 2 rings (SSSR count). The highest BCUT2D eigenvalue weighted by Gasteiger charge is 2.19. The van der Waals surface area contributed by atoms with Crippen molar-refractivity contribution in [2.24, 2.45) is 0 Å². The topological polar surface area (TPSA) is 78.4 Å². The van der Waals surface area contributed by atoms with E-state index < -0.39 is 12.0 Å². The fourth-order valence-corrected chi connectivity index (χ4v) is 3.81. The summed E-state index contributed by atoms with van der Waals surface area (Å²) in [4.78, 5) is 24.2. The highest BCUT2D eigenvalue weighted by atomic mass is 35.5. The molecule has 1 aromatic carbocycles. The van der Waals surface area contributed by atoms with Crippen LogP contribution in [0.4, 0.5) is 10.5 Å². The predicted octanol–water partition coefficient (Wildman–Crippen LogP) is 6.12. The summed E-state index contributed by atoms with van der Waals surface area (Å²) in [5.74, 6) is -1.11. The normalized spacial score (nSPS) is 10.6. The van der Waals surface area contributed by atoms with Crippen LogP contribution in [-0.4, -0.2) is 23.7 Å². The van der Waals surface area contributed by atoms with E-state index >= 15 is 0 Å². The smallest absolute Gasteiger partial charge is 0.348 e. The Morgan fingerprint density at radius 2 is 1.92 bits per heavy atom. The standard InChI is InChI=1S/C18H20Cl2N2O3S/c1-2-3-4-5-8-21-18(25)22-14-10-15(26-16(14)17(23)24)12-9-11(19)6-7-13(12)20/h6-7,9-10H,2-5,8H2,1H3,(H,23,24)(H2,21,22,25). The molecule has 1 aromatic heterocycles. The summed E-state index contributed by atoms with van der Waals surface area (Å²) >= 11 is 13.2. The maximum Gasteiger partial charge on any atom is 0.348 e. The van der Waals surface area contributed by atoms with Crippen LogP contribution in [0.25, 0.3) is 10.4 Å². The average Bonchev–Trinajstić information content (AvgIpc) is 3.00. The summed E-state index contributed by atoms with van der Waals surface area (Å²) in [6.07, 6.45) is 4.19. The second kappa shape index (κ2) is 9.80. The highest BCUT2D eigenvalue weighted by Crippen LogP contribution is 2.39. The van der Waals surface area contributed by atoms with Crippen molar-refractivity contribution in [3.05, 3.63) is 39.2 Å². The Kier molecular flexibility index (Phi) is 7.75. The Balaban J connectivity index is 2.13. The Morgan fingerprint density at radius 1 is 1.15 bits per heavy atom. The van der Waals surface area contributed by atoms with Crippen LogP contribution in [-0.2, 0) is 0 Å². The molecule has 140 valence electrons. The fourth-order valence-electron chi connectivity index (χ4n) is 2.38. The quantitative estimate of drug-likeness (QED) is 0.455. The minimum absolute atomic E-state index is 0.0391. The molecule has 0 aliphatic carbocycles. The number of carboxylic acids is 1. The Bertz CT molecular complexity index is 793. The van der Waals surface area contributed by atoms with Crippen molar-refractivity contribution < 1.29 is 14.7 Å². The van der Waals surface area contributed by atoms with Crippen molar-refractivity contribution in [2.45, 2.75) is 32.6 Å². The van der Waals surface area contributed by atoms with E-state index in [1.807, 2.05) is 0 Å². The molecule has 1 heterocycles. The molecule has 26 heavy (non-hydrogen) atoms. The average molecular weight is 415 g/mol. The largest absolute Gasteiger partial charge is 0.477 e. The van der Waals surface area contributed by atoms with Crippen molar-refractivity contribution in [1.29, 1.82) is 0 Å². The zero-order chi connectivity index (χ0) is 19.1. The van der Waals surface area contributed by atoms with E-state index in [1.165, 1.54) is 0 Å². The first-order valence-corrected chi connectivity index (χ1v) is 9.87. The van der Waals surface area contributed by atoms with Gasteiger partial charge in [0.1, 0.15) is 4.88 Å². The molecule has 5 nitrogen and oxygen atoms in total. The van der Waals surface area contributed by atoms with Crippen molar-refractivity contribution in [3.63, 3.8) is 0 Å². The molecular weight excluding hydrogens is 395 g/mol. The van der Waals surface area contributed by atoms with E-state index in [4.69, 9.17) is 23.2 Å². The van der Waals surface area contributed by atoms with Crippen molar-refractivity contribution in [2.75, 3.05) is 11.9 Å². The number of carboxylic acid groups (broad SMARTS) is 1. The van der Waals surface area contributed by atoms with Gasteiger partial charge in [0, 0.05) is 27.0 Å². The van der Waals surface area contributed by atoms with Crippen LogP contribution in [0.1, 0.15) is 42.3 Å². The van der Waals surface area contributed by atoms with E-state index in [0.717, 1.165) is 37.0 Å². The molecule has 0 spiro atoms. The number of hydrogen-bond acceptors (Lipinski definition) is 3. The van der Waals surface area contributed by atoms with Gasteiger partial charge in [0.05, 0.1) is 5.69 Å². The van der Waals surface area contributed by atoms with Gasteiger partial charge in [-0.25, -0.2) is 9.59 Å². The first-order valence-electron chi connectivity index (χ1n) is 8.29. The van der Waals surface area contributed by atoms with Crippen LogP contribution in [0.3, 0.4) is 0 Å². The minimum atomic E-state index is -1.11. The first-order chi connectivity index (χ1) is 12.4. The van der Waals surface area contributed by atoms with Gasteiger partial charge in [-0.1, -0.05) is 49.4 Å². The van der Waals surface area contributed by atoms with Gasteiger partial charge in [-0.3, -0.25) is 0 Å². The number of benzene rings is 1. The SMILES string of the molecule is CCCCCCNC(=O)Nc1cc(-c2cc(Cl)ccc2Cl)sc1C(=O)O. The lowest BCUT2D eigenvalue weighted by molar-refractivity contribution is 0.0703. The number of halogens is 2. The van der Waals surface area contributed by atoms with Gasteiger partial charge in [0.25, 0.3) is 0 Å². The van der Waals surface area contributed by atoms with Gasteiger partial charge in [-0.15, -0.1) is 11.3 Å². The molecule has 2 aromatic rings. The molecule has 0 bridgehead atoms. The van der Waals surface area contributed by atoms with Crippen LogP contribution >= 0.6 is 34.5 Å². The molecule has 8 heteroatoms. The number of aromatic carboxylic acids is 1. The second-order valence-electron chi connectivity index (χ2n) is 5.72. The molecule has 0 aliphatic rings. The van der Waals surface area contributed by atoms with Crippen LogP contribution in [0, 0.1) is 0 Å². The van der Waals surface area contributed by atoms with Crippen LogP contribution in [0.5, 0.6) is 0 Å². The second-order valence-corrected chi connectivity index (χ2v) is 7.62. The van der Waals surface area contributed by atoms with E-state index in [2.05, 4.69) is 17.6 Å². The molecule has 0 radical (unpaired) electrons. The number of amides is 2. The number of nitrogens with one attached hydrogen (secondary N) is 2. The lowest BCUT2D eigenvalue weighted by Gasteiger charge is -2.07. The third-order valence-corrected chi connectivity index (χ3v) is 5.41. The van der Waals surface area contributed by atoms with E-state index in [-0.39, 0.29) is 10.6 Å². The number of carbonyl (C=O) groups excluding carboxylic acids is 1. The van der Waals surface area contributed by atoms with E-state index in [9.17, 15) is 14.7 Å². The Morgan fingerprint density at radius 3 is 2.62 bits per heavy atom. The van der Waals surface area contributed by atoms with Crippen molar-refractivity contribution in [3.8, 4) is 10.4 Å². The molecular formula is C18H20Cl2N2O3S. The molecule has 0 saturated heterocycles. The third-order valence-electron chi connectivity index (χ3n) is 3.68. The van der Waals surface area contributed by atoms with Crippen LogP contribution < -0.4 is 10.6 Å². The number of anilines is 1. The minimum Gasteiger partial charge on any atom is -0.477 e. The van der Waals surface area contributed by atoms with Crippen LogP contribution in [0.2, 0.25) is 10.0 Å². The summed E-state index contributed by atoms with van der Waals surface area (Å²) in [6.45, 7) is 2.67. The maximum absolute atomic E-state index is 12.0. The first kappa shape index (κ1) is 20.6. The molecule has 0 saturated carbocycles. The van der Waals surface area contributed by atoms with Gasteiger partial charge in [-0.2, -0.15) is 0 Å². The monoisotopic (exact) mass is 414 g/mol. The molecule has 0 atom stereocenters. The molecule has 0 unspecified atom stereocenters.